The van der Waals surface area contributed by atoms with Crippen LogP contribution in [0.1, 0.15) is 30.6 Å². The highest BCUT2D eigenvalue weighted by molar-refractivity contribution is 6.00. The molecule has 8 nitrogen and oxygen atoms in total. The van der Waals surface area contributed by atoms with Crippen molar-refractivity contribution in [3.8, 4) is 11.1 Å². The molecule has 0 unspecified atom stereocenters. The van der Waals surface area contributed by atoms with E-state index in [2.05, 4.69) is 10.6 Å². The maximum atomic E-state index is 12.8. The van der Waals surface area contributed by atoms with E-state index >= 15 is 0 Å². The summed E-state index contributed by atoms with van der Waals surface area (Å²) in [6.07, 6.45) is 0.336. The molecule has 1 saturated heterocycles. The molecule has 2 amide bonds. The van der Waals surface area contributed by atoms with Crippen molar-refractivity contribution in [2.45, 2.75) is 38.0 Å². The molecule has 1 fully saturated rings. The lowest BCUT2D eigenvalue weighted by molar-refractivity contribution is -0.133. The molecule has 8 heteroatoms. The standard InChI is InChI=1S/C25H30N2O6/c1-16(2)12-20(22(30)25(14-29)15-33-25)26-24(32)21(13-28)27-23(31)19-10-8-18(9-11-19)17-6-4-3-5-7-17/h3-11,16,20-21,28-29H,12-15H2,1-2H3,(H,26,32)(H,27,31)/t20-,21-,25-/m0/s1. The highest BCUT2D eigenvalue weighted by Crippen LogP contribution is 2.30. The van der Waals surface area contributed by atoms with Crippen LogP contribution in [-0.4, -0.2) is 65.3 Å². The van der Waals surface area contributed by atoms with Gasteiger partial charge in [-0.15, -0.1) is 0 Å². The van der Waals surface area contributed by atoms with Gasteiger partial charge in [0.1, 0.15) is 6.04 Å². The Morgan fingerprint density at radius 2 is 1.55 bits per heavy atom. The van der Waals surface area contributed by atoms with Crippen LogP contribution in [0.4, 0.5) is 0 Å². The first-order valence-electron chi connectivity index (χ1n) is 11.0. The lowest BCUT2D eigenvalue weighted by Gasteiger charge is -2.24. The molecular formula is C25H30N2O6. The Labute approximate surface area is 193 Å². The van der Waals surface area contributed by atoms with E-state index in [1.54, 1.807) is 24.3 Å². The summed E-state index contributed by atoms with van der Waals surface area (Å²) < 4.78 is 5.13. The number of hydrogen-bond donors (Lipinski definition) is 4. The Kier molecular flexibility index (Phi) is 7.97. The number of Topliss-reactive ketones (excluding diaryl/α,β-unsaturated/α-hetero) is 1. The van der Waals surface area contributed by atoms with E-state index in [9.17, 15) is 24.6 Å². The van der Waals surface area contributed by atoms with Crippen molar-refractivity contribution < 1.29 is 29.3 Å². The van der Waals surface area contributed by atoms with Crippen LogP contribution >= 0.6 is 0 Å². The molecule has 0 spiro atoms. The average Bonchev–Trinajstić information content (AvgIpc) is 3.63. The van der Waals surface area contributed by atoms with Gasteiger partial charge in [-0.3, -0.25) is 14.4 Å². The van der Waals surface area contributed by atoms with E-state index in [1.165, 1.54) is 0 Å². The molecule has 3 rings (SSSR count). The van der Waals surface area contributed by atoms with Crippen LogP contribution in [0, 0.1) is 5.92 Å². The lowest BCUT2D eigenvalue weighted by atomic mass is 9.92. The van der Waals surface area contributed by atoms with Gasteiger partial charge in [-0.2, -0.15) is 0 Å². The fourth-order valence-corrected chi connectivity index (χ4v) is 3.57. The summed E-state index contributed by atoms with van der Waals surface area (Å²) >= 11 is 0. The molecule has 176 valence electrons. The van der Waals surface area contributed by atoms with Crippen LogP contribution in [0.2, 0.25) is 0 Å². The normalized spacial score (nSPS) is 18.9. The van der Waals surface area contributed by atoms with Crippen molar-refractivity contribution in [1.82, 2.24) is 10.6 Å². The number of aliphatic hydroxyl groups excluding tert-OH is 2. The fourth-order valence-electron chi connectivity index (χ4n) is 3.57. The molecule has 1 heterocycles. The van der Waals surface area contributed by atoms with E-state index < -0.39 is 48.5 Å². The molecule has 0 aromatic heterocycles. The summed E-state index contributed by atoms with van der Waals surface area (Å²) in [4.78, 5) is 38.2. The number of epoxide rings is 1. The van der Waals surface area contributed by atoms with E-state index in [4.69, 9.17) is 4.74 Å². The van der Waals surface area contributed by atoms with Crippen molar-refractivity contribution in [2.75, 3.05) is 19.8 Å². The fraction of sp³-hybridized carbons (Fsp3) is 0.400. The lowest BCUT2D eigenvalue weighted by Crippen LogP contribution is -2.55. The third kappa shape index (κ3) is 6.04. The van der Waals surface area contributed by atoms with Crippen LogP contribution in [0.25, 0.3) is 11.1 Å². The van der Waals surface area contributed by atoms with Gasteiger partial charge in [-0.1, -0.05) is 56.3 Å². The van der Waals surface area contributed by atoms with E-state index in [0.29, 0.717) is 12.0 Å². The highest BCUT2D eigenvalue weighted by atomic mass is 16.6. The Balaban J connectivity index is 1.65. The number of ether oxygens (including phenoxy) is 1. The van der Waals surface area contributed by atoms with Gasteiger partial charge in [0, 0.05) is 5.56 Å². The van der Waals surface area contributed by atoms with Crippen LogP contribution in [0.15, 0.2) is 54.6 Å². The number of carbonyl (C=O) groups is 3. The summed E-state index contributed by atoms with van der Waals surface area (Å²) in [5.41, 5.74) is 1.02. The number of amides is 2. The van der Waals surface area contributed by atoms with Gasteiger partial charge in [-0.05, 0) is 35.6 Å². The van der Waals surface area contributed by atoms with Crippen molar-refractivity contribution in [3.05, 3.63) is 60.2 Å². The van der Waals surface area contributed by atoms with Crippen molar-refractivity contribution in [1.29, 1.82) is 0 Å². The SMILES string of the molecule is CC(C)C[C@H](NC(=O)[C@H](CO)NC(=O)c1ccc(-c2ccccc2)cc1)C(=O)[C@]1(CO)CO1. The molecule has 0 bridgehead atoms. The summed E-state index contributed by atoms with van der Waals surface area (Å²) in [7, 11) is 0. The Bertz CT molecular complexity index is 970. The molecule has 2 aromatic rings. The van der Waals surface area contributed by atoms with Gasteiger partial charge in [0.05, 0.1) is 25.9 Å². The number of hydrogen-bond acceptors (Lipinski definition) is 6. The number of carbonyl (C=O) groups excluding carboxylic acids is 3. The second-order valence-electron chi connectivity index (χ2n) is 8.65. The zero-order valence-corrected chi connectivity index (χ0v) is 18.8. The molecule has 1 aliphatic rings. The Hall–Kier alpha value is -3.07. The summed E-state index contributed by atoms with van der Waals surface area (Å²) in [6, 6.07) is 14.5. The third-order valence-corrected chi connectivity index (χ3v) is 5.60. The largest absolute Gasteiger partial charge is 0.394 e. The first-order chi connectivity index (χ1) is 15.8. The van der Waals surface area contributed by atoms with Gasteiger partial charge < -0.3 is 25.6 Å². The molecule has 0 radical (unpaired) electrons. The maximum Gasteiger partial charge on any atom is 0.251 e. The Morgan fingerprint density at radius 3 is 2.06 bits per heavy atom. The van der Waals surface area contributed by atoms with Crippen LogP contribution in [-0.2, 0) is 14.3 Å². The van der Waals surface area contributed by atoms with Gasteiger partial charge in [0.25, 0.3) is 5.91 Å². The molecule has 0 saturated carbocycles. The predicted molar refractivity (Wildman–Crippen MR) is 122 cm³/mol. The summed E-state index contributed by atoms with van der Waals surface area (Å²) in [6.45, 7) is 2.80. The highest BCUT2D eigenvalue weighted by Gasteiger charge is 2.54. The number of benzene rings is 2. The van der Waals surface area contributed by atoms with E-state index in [-0.39, 0.29) is 12.5 Å². The number of rotatable bonds is 11. The van der Waals surface area contributed by atoms with E-state index in [1.807, 2.05) is 44.2 Å². The van der Waals surface area contributed by atoms with E-state index in [0.717, 1.165) is 11.1 Å². The van der Waals surface area contributed by atoms with Gasteiger partial charge in [0.2, 0.25) is 5.91 Å². The molecule has 2 aromatic carbocycles. The van der Waals surface area contributed by atoms with Crippen molar-refractivity contribution >= 4 is 17.6 Å². The second kappa shape index (κ2) is 10.7. The van der Waals surface area contributed by atoms with Crippen molar-refractivity contribution in [3.63, 3.8) is 0 Å². The van der Waals surface area contributed by atoms with Crippen LogP contribution in [0.5, 0.6) is 0 Å². The van der Waals surface area contributed by atoms with Crippen molar-refractivity contribution in [2.24, 2.45) is 5.92 Å². The predicted octanol–water partition coefficient (Wildman–Crippen LogP) is 1.31. The zero-order chi connectivity index (χ0) is 24.0. The smallest absolute Gasteiger partial charge is 0.251 e. The maximum absolute atomic E-state index is 12.8. The van der Waals surface area contributed by atoms with Gasteiger partial charge in [-0.25, -0.2) is 0 Å². The summed E-state index contributed by atoms with van der Waals surface area (Å²) in [5, 5.41) is 24.3. The molecular weight excluding hydrogens is 424 g/mol. The van der Waals surface area contributed by atoms with Crippen LogP contribution < -0.4 is 10.6 Å². The summed E-state index contributed by atoms with van der Waals surface area (Å²) in [5.74, 6) is -1.53. The monoisotopic (exact) mass is 454 g/mol. The minimum Gasteiger partial charge on any atom is -0.394 e. The third-order valence-electron chi connectivity index (χ3n) is 5.60. The minimum absolute atomic E-state index is 0.0824. The first kappa shape index (κ1) is 24.6. The molecule has 0 aliphatic carbocycles. The van der Waals surface area contributed by atoms with Crippen LogP contribution in [0.3, 0.4) is 0 Å². The number of ketones is 1. The second-order valence-corrected chi connectivity index (χ2v) is 8.65. The van der Waals surface area contributed by atoms with Gasteiger partial charge >= 0.3 is 0 Å². The quantitative estimate of drug-likeness (QED) is 0.379. The van der Waals surface area contributed by atoms with Gasteiger partial charge in [0.15, 0.2) is 11.4 Å². The first-order valence-corrected chi connectivity index (χ1v) is 11.0. The topological polar surface area (TPSA) is 128 Å². The molecule has 33 heavy (non-hydrogen) atoms. The zero-order valence-electron chi connectivity index (χ0n) is 18.8. The molecule has 1 aliphatic heterocycles. The molecule has 3 atom stereocenters. The number of aliphatic hydroxyl groups is 2. The average molecular weight is 455 g/mol. The Morgan fingerprint density at radius 1 is 0.939 bits per heavy atom. The molecule has 4 N–H and O–H groups in total. The minimum atomic E-state index is -1.27. The number of nitrogens with one attached hydrogen (secondary N) is 2.